The summed E-state index contributed by atoms with van der Waals surface area (Å²) in [7, 11) is -2.30. The standard InChI is InChI=1S/C11H14FN4O7P.C11H13FN4O4/c12-6-8(18)10(21-11(6)22-23-24(20)3-17)16-2-14-7-4(16)1-5(13)15-9(7)19;12-7-5(2-17)20-11(9(7)18)16-3-14-8-4(16)1-6(13)15-10(8)19/h1-2,6,8,10-11,17-18,20H,3H2,(H3,13,15,19);1,3,5,7,9,11,17-18H,2H2,(H3,13,15,19)/t6?,8-,10+,11+,24?;5-,7?,9+,11-/m01/s1. The summed E-state index contributed by atoms with van der Waals surface area (Å²) in [5.74, 6) is 0.177. The van der Waals surface area contributed by atoms with Gasteiger partial charge in [-0.25, -0.2) is 18.7 Å². The van der Waals surface area contributed by atoms with E-state index in [4.69, 9.17) is 36.0 Å². The maximum atomic E-state index is 14.1. The Balaban J connectivity index is 0.000000177. The van der Waals surface area contributed by atoms with Gasteiger partial charge in [-0.2, -0.15) is 9.56 Å². The minimum Gasteiger partial charge on any atom is -0.394 e. The third-order valence-corrected chi connectivity index (χ3v) is 7.21. The first-order valence-electron chi connectivity index (χ1n) is 12.6. The van der Waals surface area contributed by atoms with Gasteiger partial charge in [-0.3, -0.25) is 9.59 Å². The summed E-state index contributed by atoms with van der Waals surface area (Å²) in [6.07, 6.45) is -10.2. The van der Waals surface area contributed by atoms with Crippen LogP contribution < -0.4 is 22.6 Å². The van der Waals surface area contributed by atoms with Crippen LogP contribution in [0.2, 0.25) is 0 Å². The molecule has 240 valence electrons. The number of halogens is 2. The molecule has 0 aliphatic carbocycles. The molecule has 4 aromatic rings. The van der Waals surface area contributed by atoms with Gasteiger partial charge in [0.05, 0.1) is 30.3 Å². The highest BCUT2D eigenvalue weighted by Gasteiger charge is 2.48. The Hall–Kier alpha value is -3.63. The van der Waals surface area contributed by atoms with Gasteiger partial charge < -0.3 is 65.4 Å². The predicted octanol–water partition coefficient (Wildman–Crippen LogP) is -2.04. The number of aromatic amines is 2. The largest absolute Gasteiger partial charge is 0.394 e. The second kappa shape index (κ2) is 12.8. The molecule has 2 saturated heterocycles. The predicted molar refractivity (Wildman–Crippen MR) is 145 cm³/mol. The topological polar surface area (TPSA) is 291 Å². The Morgan fingerprint density at radius 2 is 1.41 bits per heavy atom. The van der Waals surface area contributed by atoms with Crippen LogP contribution in [0.4, 0.5) is 20.4 Å². The normalized spacial score (nSPS) is 29.2. The van der Waals surface area contributed by atoms with E-state index in [0.717, 1.165) is 0 Å². The van der Waals surface area contributed by atoms with Gasteiger partial charge in [-0.05, 0) is 0 Å². The maximum absolute atomic E-state index is 14.1. The fraction of sp³-hybridized carbons (Fsp3) is 0.455. The van der Waals surface area contributed by atoms with Crippen molar-refractivity contribution in [2.75, 3.05) is 24.4 Å². The van der Waals surface area contributed by atoms with E-state index in [0.29, 0.717) is 5.52 Å². The van der Waals surface area contributed by atoms with Crippen LogP contribution >= 0.6 is 8.38 Å². The van der Waals surface area contributed by atoms with Crippen LogP contribution in [-0.4, -0.2) is 104 Å². The molecular weight excluding hydrogens is 621 g/mol. The summed E-state index contributed by atoms with van der Waals surface area (Å²) >= 11 is 0. The lowest BCUT2D eigenvalue weighted by Gasteiger charge is -2.16. The molecule has 6 heterocycles. The summed E-state index contributed by atoms with van der Waals surface area (Å²) in [6, 6.07) is 2.83. The summed E-state index contributed by atoms with van der Waals surface area (Å²) < 4.78 is 45.2. The second-order valence-corrected chi connectivity index (χ2v) is 10.7. The minimum atomic E-state index is -2.30. The first-order valence-corrected chi connectivity index (χ1v) is 14.0. The monoisotopic (exact) mass is 648 g/mol. The third-order valence-electron chi connectivity index (χ3n) is 6.71. The number of hydrogen-bond donors (Lipinski definition) is 9. The van der Waals surface area contributed by atoms with Gasteiger partial charge in [0.15, 0.2) is 35.8 Å². The van der Waals surface area contributed by atoms with Crippen molar-refractivity contribution in [2.24, 2.45) is 0 Å². The van der Waals surface area contributed by atoms with Crippen molar-refractivity contribution in [3.05, 3.63) is 45.5 Å². The Morgan fingerprint density at radius 1 is 0.909 bits per heavy atom. The number of aliphatic hydroxyl groups excluding tert-OH is 4. The van der Waals surface area contributed by atoms with E-state index in [1.54, 1.807) is 0 Å². The minimum absolute atomic E-state index is 0.0372. The molecule has 2 fully saturated rings. The Kier molecular flexibility index (Phi) is 9.23. The average Bonchev–Trinajstić information content (AvgIpc) is 3.74. The fourth-order valence-electron chi connectivity index (χ4n) is 4.65. The summed E-state index contributed by atoms with van der Waals surface area (Å²) in [5.41, 5.74) is 10.8. The molecule has 0 spiro atoms. The number of nitrogens with one attached hydrogen (secondary N) is 2. The SMILES string of the molecule is Nc1cc2c(ncn2[C@@H]2O[C@H](CO)C(F)[C@@H]2O)c(=O)[nH]1.Nc1cc2c(ncn2[C@@H]2O[C@H](OOP(O)CO)C(F)[C@@H]2O)c(=O)[nH]1. The molecule has 2 aliphatic heterocycles. The van der Waals surface area contributed by atoms with Crippen molar-refractivity contribution in [2.45, 2.75) is 49.4 Å². The van der Waals surface area contributed by atoms with Crippen LogP contribution in [0.3, 0.4) is 0 Å². The Morgan fingerprint density at radius 3 is 1.89 bits per heavy atom. The summed E-state index contributed by atoms with van der Waals surface area (Å²) in [6.45, 7) is -0.552. The quantitative estimate of drug-likeness (QED) is 0.0592. The second-order valence-electron chi connectivity index (χ2n) is 9.56. The molecular formula is C22H27F2N8O11P. The van der Waals surface area contributed by atoms with Crippen molar-refractivity contribution in [3.8, 4) is 0 Å². The number of hydrogen-bond acceptors (Lipinski definition) is 15. The molecule has 0 bridgehead atoms. The van der Waals surface area contributed by atoms with Gasteiger partial charge in [-0.1, -0.05) is 0 Å². The van der Waals surface area contributed by atoms with E-state index in [2.05, 4.69) is 29.5 Å². The summed E-state index contributed by atoms with van der Waals surface area (Å²) in [4.78, 5) is 49.6. The van der Waals surface area contributed by atoms with Gasteiger partial charge >= 0.3 is 0 Å². The van der Waals surface area contributed by atoms with Crippen LogP contribution in [-0.2, 0) is 19.0 Å². The van der Waals surface area contributed by atoms with Crippen LogP contribution in [0.25, 0.3) is 22.1 Å². The Labute approximate surface area is 244 Å². The average molecular weight is 648 g/mol. The lowest BCUT2D eigenvalue weighted by Crippen LogP contribution is -2.29. The van der Waals surface area contributed by atoms with Gasteiger partial charge in [0.1, 0.15) is 36.3 Å². The molecule has 0 amide bonds. The molecule has 6 rings (SSSR count). The maximum Gasteiger partial charge on any atom is 0.277 e. The molecule has 44 heavy (non-hydrogen) atoms. The zero-order chi connectivity index (χ0) is 31.9. The number of nitrogen functional groups attached to an aromatic ring is 2. The highest BCUT2D eigenvalue weighted by atomic mass is 31.2. The van der Waals surface area contributed by atoms with Crippen LogP contribution in [0, 0.1) is 0 Å². The number of fused-ring (bicyclic) bond motifs is 2. The molecule has 11 N–H and O–H groups in total. The number of rotatable bonds is 7. The van der Waals surface area contributed by atoms with Gasteiger partial charge in [0.25, 0.3) is 11.1 Å². The van der Waals surface area contributed by atoms with E-state index < -0.39 is 81.8 Å². The number of aliphatic hydroxyl groups is 4. The molecule has 0 aromatic carbocycles. The first-order chi connectivity index (χ1) is 20.9. The van der Waals surface area contributed by atoms with Gasteiger partial charge in [0, 0.05) is 12.1 Å². The molecule has 22 heteroatoms. The fourth-order valence-corrected chi connectivity index (χ4v) is 4.88. The van der Waals surface area contributed by atoms with E-state index >= 15 is 0 Å². The number of alkyl halides is 2. The summed E-state index contributed by atoms with van der Waals surface area (Å²) in [5, 5.41) is 37.5. The van der Waals surface area contributed by atoms with E-state index in [9.17, 15) is 28.6 Å². The van der Waals surface area contributed by atoms with Crippen LogP contribution in [0.15, 0.2) is 34.4 Å². The molecule has 0 saturated carbocycles. The number of aromatic nitrogens is 6. The number of ether oxygens (including phenoxy) is 2. The van der Waals surface area contributed by atoms with E-state index in [1.807, 2.05) is 0 Å². The zero-order valence-electron chi connectivity index (χ0n) is 22.2. The third kappa shape index (κ3) is 5.89. The van der Waals surface area contributed by atoms with Gasteiger partial charge in [-0.15, -0.1) is 0 Å². The van der Waals surface area contributed by atoms with Crippen LogP contribution in [0.5, 0.6) is 0 Å². The highest BCUT2D eigenvalue weighted by molar-refractivity contribution is 7.45. The van der Waals surface area contributed by atoms with Crippen molar-refractivity contribution >= 4 is 42.1 Å². The molecule has 19 nitrogen and oxygen atoms in total. The van der Waals surface area contributed by atoms with Gasteiger partial charge in [0.2, 0.25) is 14.7 Å². The lowest BCUT2D eigenvalue weighted by atomic mass is 10.1. The smallest absolute Gasteiger partial charge is 0.277 e. The van der Waals surface area contributed by atoms with E-state index in [1.165, 1.54) is 33.9 Å². The van der Waals surface area contributed by atoms with Crippen molar-refractivity contribution < 1.29 is 53.1 Å². The number of imidazole rings is 2. The number of anilines is 2. The number of pyridine rings is 2. The number of nitrogens with zero attached hydrogens (tertiary/aromatic N) is 4. The Bertz CT molecular complexity index is 1740. The molecule has 3 unspecified atom stereocenters. The molecule has 4 aromatic heterocycles. The van der Waals surface area contributed by atoms with Crippen molar-refractivity contribution in [1.29, 1.82) is 0 Å². The first kappa shape index (κ1) is 31.8. The lowest BCUT2D eigenvalue weighted by molar-refractivity contribution is -0.327. The zero-order valence-corrected chi connectivity index (χ0v) is 23.1. The van der Waals surface area contributed by atoms with Crippen molar-refractivity contribution in [1.82, 2.24) is 29.1 Å². The number of nitrogens with two attached hydrogens (primary N) is 2. The highest BCUT2D eigenvalue weighted by Crippen LogP contribution is 2.37. The number of H-pyrrole nitrogens is 2. The molecule has 0 radical (unpaired) electrons. The molecule has 9 atom stereocenters. The van der Waals surface area contributed by atoms with E-state index in [-0.39, 0.29) is 28.2 Å². The van der Waals surface area contributed by atoms with Crippen LogP contribution in [0.1, 0.15) is 12.5 Å². The van der Waals surface area contributed by atoms with Crippen molar-refractivity contribution in [3.63, 3.8) is 0 Å². The molecule has 2 aliphatic rings.